The van der Waals surface area contributed by atoms with Crippen LogP contribution in [0.3, 0.4) is 0 Å². The number of amides is 2. The van der Waals surface area contributed by atoms with E-state index < -0.39 is 7.12 Å². The molecular formula is C25H36BN3O4. The molecule has 1 aromatic carbocycles. The predicted octanol–water partition coefficient (Wildman–Crippen LogP) is 3.75. The Morgan fingerprint density at radius 3 is 2.36 bits per heavy atom. The lowest BCUT2D eigenvalue weighted by Gasteiger charge is -2.51. The summed E-state index contributed by atoms with van der Waals surface area (Å²) >= 11 is 0. The van der Waals surface area contributed by atoms with Gasteiger partial charge in [-0.25, -0.2) is 0 Å². The Balaban J connectivity index is 2.10. The number of fused-ring (bicyclic) bond motifs is 5. The molecule has 0 spiro atoms. The lowest BCUT2D eigenvalue weighted by atomic mass is 9.53. The molecule has 4 rings (SSSR count). The van der Waals surface area contributed by atoms with E-state index in [9.17, 15) is 19.6 Å². The van der Waals surface area contributed by atoms with Gasteiger partial charge in [0.15, 0.2) is 0 Å². The number of aromatic nitrogens is 1. The summed E-state index contributed by atoms with van der Waals surface area (Å²) < 4.78 is 0. The highest BCUT2D eigenvalue weighted by atomic mass is 16.4. The smallest absolute Gasteiger partial charge is 0.423 e. The molecule has 2 aromatic rings. The third-order valence-electron chi connectivity index (χ3n) is 8.22. The SMILES string of the molecule is CC(=O)Nc1cc2c3c([nH]c2c(B(O)O)c1NC(C)=O)C(C)CC[C@@H]1C(C)(C)CCC[C@@]31C. The van der Waals surface area contributed by atoms with Crippen LogP contribution in [0.4, 0.5) is 11.4 Å². The summed E-state index contributed by atoms with van der Waals surface area (Å²) in [5, 5.41) is 27.2. The van der Waals surface area contributed by atoms with Crippen molar-refractivity contribution in [1.82, 2.24) is 4.98 Å². The second kappa shape index (κ2) is 8.17. The Labute approximate surface area is 195 Å². The molecule has 0 radical (unpaired) electrons. The fraction of sp³-hybridized carbons (Fsp3) is 0.600. The standard InChI is InChI=1S/C25H36BN3O4/c1-13-8-9-18-24(4,5)10-7-11-25(18,6)19-16-12-17(27-14(2)30)23(28-15(3)31)20(26(32)33)22(16)29-21(13)19/h12-13,18,29,32-33H,7-11H2,1-6H3,(H,27,30)(H,28,31)/t13?,18-,25-/m1/s1. The highest BCUT2D eigenvalue weighted by Gasteiger charge is 2.51. The van der Waals surface area contributed by atoms with Crippen molar-refractivity contribution in [1.29, 1.82) is 0 Å². The van der Waals surface area contributed by atoms with E-state index >= 15 is 0 Å². The molecule has 5 N–H and O–H groups in total. The molecule has 178 valence electrons. The van der Waals surface area contributed by atoms with Gasteiger partial charge >= 0.3 is 7.12 Å². The molecule has 0 bridgehead atoms. The molecule has 1 unspecified atom stereocenters. The minimum atomic E-state index is -1.83. The molecule has 2 aliphatic rings. The number of anilines is 2. The van der Waals surface area contributed by atoms with Gasteiger partial charge in [-0.15, -0.1) is 0 Å². The molecule has 1 heterocycles. The van der Waals surface area contributed by atoms with Gasteiger partial charge in [-0.1, -0.05) is 34.1 Å². The molecule has 2 amide bonds. The molecule has 0 saturated heterocycles. The van der Waals surface area contributed by atoms with Gasteiger partial charge in [0.2, 0.25) is 11.8 Å². The normalized spacial score (nSPS) is 26.2. The molecule has 3 atom stereocenters. The van der Waals surface area contributed by atoms with Crippen LogP contribution < -0.4 is 16.1 Å². The molecule has 2 aliphatic carbocycles. The van der Waals surface area contributed by atoms with Crippen LogP contribution in [0.2, 0.25) is 0 Å². The maximum Gasteiger partial charge on any atom is 0.492 e. The third-order valence-corrected chi connectivity index (χ3v) is 8.22. The van der Waals surface area contributed by atoms with E-state index in [1.54, 1.807) is 0 Å². The van der Waals surface area contributed by atoms with E-state index in [2.05, 4.69) is 43.3 Å². The van der Waals surface area contributed by atoms with Crippen LogP contribution in [-0.4, -0.2) is 34.0 Å². The van der Waals surface area contributed by atoms with E-state index in [0.29, 0.717) is 17.1 Å². The zero-order valence-corrected chi connectivity index (χ0v) is 20.6. The van der Waals surface area contributed by atoms with Gasteiger partial charge in [-0.3, -0.25) is 9.59 Å². The van der Waals surface area contributed by atoms with E-state index in [4.69, 9.17) is 0 Å². The molecule has 1 fully saturated rings. The molecule has 8 heteroatoms. The number of aromatic amines is 1. The topological polar surface area (TPSA) is 114 Å². The maximum atomic E-state index is 12.0. The Hall–Kier alpha value is -2.32. The van der Waals surface area contributed by atoms with Gasteiger partial charge in [0, 0.05) is 35.9 Å². The number of nitrogens with one attached hydrogen (secondary N) is 3. The number of H-pyrrole nitrogens is 1. The summed E-state index contributed by atoms with van der Waals surface area (Å²) in [6.07, 6.45) is 5.60. The Kier molecular flexibility index (Phi) is 5.90. The Morgan fingerprint density at radius 2 is 1.76 bits per heavy atom. The summed E-state index contributed by atoms with van der Waals surface area (Å²) in [5.74, 6) is 0.119. The number of carbonyl (C=O) groups excluding carboxylic acids is 2. The van der Waals surface area contributed by atoms with E-state index in [1.165, 1.54) is 25.8 Å². The Bertz CT molecular complexity index is 1120. The number of carbonyl (C=O) groups is 2. The van der Waals surface area contributed by atoms with Crippen molar-refractivity contribution in [2.45, 2.75) is 85.0 Å². The first-order valence-electron chi connectivity index (χ1n) is 12.0. The van der Waals surface area contributed by atoms with Gasteiger partial charge in [0.1, 0.15) is 0 Å². The van der Waals surface area contributed by atoms with Crippen molar-refractivity contribution in [3.8, 4) is 0 Å². The number of hydrogen-bond acceptors (Lipinski definition) is 4. The number of benzene rings is 1. The average Bonchev–Trinajstić information content (AvgIpc) is 3.00. The van der Waals surface area contributed by atoms with Crippen molar-refractivity contribution in [3.05, 3.63) is 17.3 Å². The fourth-order valence-electron chi connectivity index (χ4n) is 6.91. The van der Waals surface area contributed by atoms with Crippen molar-refractivity contribution in [3.63, 3.8) is 0 Å². The van der Waals surface area contributed by atoms with Gasteiger partial charge < -0.3 is 25.7 Å². The van der Waals surface area contributed by atoms with Crippen molar-refractivity contribution in [2.75, 3.05) is 10.6 Å². The van der Waals surface area contributed by atoms with E-state index in [1.807, 2.05) is 6.07 Å². The first-order valence-corrected chi connectivity index (χ1v) is 12.0. The monoisotopic (exact) mass is 453 g/mol. The third kappa shape index (κ3) is 3.87. The van der Waals surface area contributed by atoms with Gasteiger partial charge in [-0.2, -0.15) is 0 Å². The van der Waals surface area contributed by atoms with Gasteiger partial charge in [0.05, 0.1) is 11.4 Å². The number of hydrogen-bond donors (Lipinski definition) is 5. The quantitative estimate of drug-likeness (QED) is 0.456. The van der Waals surface area contributed by atoms with Crippen molar-refractivity contribution < 1.29 is 19.6 Å². The second-order valence-corrected chi connectivity index (χ2v) is 11.1. The lowest BCUT2D eigenvalue weighted by molar-refractivity contribution is -0.115. The van der Waals surface area contributed by atoms with Gasteiger partial charge in [0.25, 0.3) is 0 Å². The lowest BCUT2D eigenvalue weighted by Crippen LogP contribution is -2.44. The fourth-order valence-corrected chi connectivity index (χ4v) is 6.91. The zero-order chi connectivity index (χ0) is 24.3. The van der Waals surface area contributed by atoms with Crippen LogP contribution >= 0.6 is 0 Å². The molecule has 7 nitrogen and oxygen atoms in total. The number of rotatable bonds is 3. The van der Waals surface area contributed by atoms with Crippen LogP contribution in [0.15, 0.2) is 6.07 Å². The molecule has 33 heavy (non-hydrogen) atoms. The molecule has 0 aliphatic heterocycles. The van der Waals surface area contributed by atoms with E-state index in [0.717, 1.165) is 36.8 Å². The molecule has 1 aromatic heterocycles. The van der Waals surface area contributed by atoms with Crippen molar-refractivity contribution >= 4 is 46.7 Å². The highest BCUT2D eigenvalue weighted by molar-refractivity contribution is 6.64. The van der Waals surface area contributed by atoms with Crippen LogP contribution in [0.5, 0.6) is 0 Å². The second-order valence-electron chi connectivity index (χ2n) is 11.1. The average molecular weight is 453 g/mol. The largest absolute Gasteiger partial charge is 0.492 e. The van der Waals surface area contributed by atoms with Crippen LogP contribution in [0.25, 0.3) is 10.9 Å². The van der Waals surface area contributed by atoms with E-state index in [-0.39, 0.29) is 39.7 Å². The molecular weight excluding hydrogens is 417 g/mol. The molecule has 1 saturated carbocycles. The van der Waals surface area contributed by atoms with Crippen molar-refractivity contribution in [2.24, 2.45) is 11.3 Å². The minimum absolute atomic E-state index is 0.0826. The van der Waals surface area contributed by atoms with Crippen LogP contribution in [-0.2, 0) is 15.0 Å². The summed E-state index contributed by atoms with van der Waals surface area (Å²) in [7, 11) is -1.83. The summed E-state index contributed by atoms with van der Waals surface area (Å²) in [6, 6.07) is 1.89. The van der Waals surface area contributed by atoms with Crippen LogP contribution in [0, 0.1) is 11.3 Å². The Morgan fingerprint density at radius 1 is 1.09 bits per heavy atom. The highest BCUT2D eigenvalue weighted by Crippen LogP contribution is 2.59. The summed E-state index contributed by atoms with van der Waals surface area (Å²) in [4.78, 5) is 27.5. The van der Waals surface area contributed by atoms with Crippen LogP contribution in [0.1, 0.15) is 90.8 Å². The summed E-state index contributed by atoms with van der Waals surface area (Å²) in [6.45, 7) is 12.1. The first-order chi connectivity index (χ1) is 15.4. The maximum absolute atomic E-state index is 12.0. The minimum Gasteiger partial charge on any atom is -0.423 e. The zero-order valence-electron chi connectivity index (χ0n) is 20.6. The van der Waals surface area contributed by atoms with Gasteiger partial charge in [-0.05, 0) is 60.0 Å². The summed E-state index contributed by atoms with van der Waals surface area (Å²) in [5.41, 5.74) is 3.87. The predicted molar refractivity (Wildman–Crippen MR) is 133 cm³/mol. The first kappa shape index (κ1) is 23.8.